The van der Waals surface area contributed by atoms with Crippen molar-refractivity contribution in [2.75, 3.05) is 6.54 Å². The van der Waals surface area contributed by atoms with E-state index in [2.05, 4.69) is 15.8 Å². The minimum absolute atomic E-state index is 0.165. The molecule has 13 heavy (non-hydrogen) atoms. The fourth-order valence-electron chi connectivity index (χ4n) is 1.38. The van der Waals surface area contributed by atoms with Gasteiger partial charge in [0.05, 0.1) is 17.9 Å². The van der Waals surface area contributed by atoms with Crippen LogP contribution < -0.4 is 5.43 Å². The van der Waals surface area contributed by atoms with Gasteiger partial charge in [-0.05, 0) is 0 Å². The molecule has 0 N–H and O–H groups in total. The minimum atomic E-state index is -0.572. The van der Waals surface area contributed by atoms with E-state index in [0.717, 1.165) is 0 Å². The molecule has 1 unspecified atom stereocenters. The van der Waals surface area contributed by atoms with Crippen molar-refractivity contribution in [2.24, 2.45) is 10.3 Å². The van der Waals surface area contributed by atoms with Crippen molar-refractivity contribution in [3.05, 3.63) is 34.0 Å². The maximum atomic E-state index is 10.5. The summed E-state index contributed by atoms with van der Waals surface area (Å²) in [4.78, 5) is 10.1. The molecule has 0 aromatic heterocycles. The summed E-state index contributed by atoms with van der Waals surface area (Å²) >= 11 is 0. The molecule has 0 amide bonds. The summed E-state index contributed by atoms with van der Waals surface area (Å²) in [5.41, 5.74) is 3.30. The smallest absolute Gasteiger partial charge is 0.249 e. The predicted octanol–water partition coefficient (Wildman–Crippen LogP) is 0.831. The van der Waals surface area contributed by atoms with E-state index >= 15 is 0 Å². The zero-order valence-electron chi connectivity index (χ0n) is 6.75. The van der Waals surface area contributed by atoms with Crippen LogP contribution in [0.15, 0.2) is 34.3 Å². The topological polar surface area (TPSA) is 82.0 Å². The first-order chi connectivity index (χ1) is 6.22. The molecule has 1 heterocycles. The van der Waals surface area contributed by atoms with Crippen LogP contribution in [-0.2, 0) is 0 Å². The van der Waals surface area contributed by atoms with Crippen molar-refractivity contribution >= 4 is 0 Å². The Morgan fingerprint density at radius 1 is 1.62 bits per heavy atom. The van der Waals surface area contributed by atoms with Crippen LogP contribution in [0.3, 0.4) is 0 Å². The van der Waals surface area contributed by atoms with Crippen molar-refractivity contribution in [1.29, 1.82) is 0 Å². The van der Waals surface area contributed by atoms with Gasteiger partial charge in [-0.1, -0.05) is 17.4 Å². The molecule has 6 heteroatoms. The molecule has 2 rings (SSSR count). The summed E-state index contributed by atoms with van der Waals surface area (Å²) in [6.45, 7) is 0.411. The predicted molar refractivity (Wildman–Crippen MR) is 43.4 cm³/mol. The van der Waals surface area contributed by atoms with Crippen LogP contribution in [0.2, 0.25) is 0 Å². The van der Waals surface area contributed by atoms with Gasteiger partial charge in [-0.25, -0.2) is 0 Å². The minimum Gasteiger partial charge on any atom is -0.259 e. The SMILES string of the molecule is O=[N+]([O-])C1=CC=CC2(C[N]N=N2)C1. The van der Waals surface area contributed by atoms with E-state index in [-0.39, 0.29) is 17.0 Å². The van der Waals surface area contributed by atoms with Crippen molar-refractivity contribution in [1.82, 2.24) is 5.43 Å². The highest BCUT2D eigenvalue weighted by Gasteiger charge is 2.38. The molecule has 2 aliphatic rings. The average Bonchev–Trinajstić information content (AvgIpc) is 2.53. The second kappa shape index (κ2) is 2.65. The van der Waals surface area contributed by atoms with Crippen LogP contribution in [0.25, 0.3) is 0 Å². The molecular formula is C7H7N4O2. The van der Waals surface area contributed by atoms with Gasteiger partial charge in [0, 0.05) is 6.08 Å². The van der Waals surface area contributed by atoms with Gasteiger partial charge >= 0.3 is 0 Å². The van der Waals surface area contributed by atoms with Gasteiger partial charge in [-0.15, -0.1) is 0 Å². The van der Waals surface area contributed by atoms with E-state index in [4.69, 9.17) is 0 Å². The molecule has 1 radical (unpaired) electrons. The monoisotopic (exact) mass is 179 g/mol. The molecule has 0 saturated carbocycles. The average molecular weight is 179 g/mol. The van der Waals surface area contributed by atoms with Gasteiger partial charge in [0.1, 0.15) is 5.54 Å². The summed E-state index contributed by atoms with van der Waals surface area (Å²) in [5.74, 6) is 0. The molecule has 67 valence electrons. The lowest BCUT2D eigenvalue weighted by Crippen LogP contribution is -2.31. The van der Waals surface area contributed by atoms with E-state index in [9.17, 15) is 10.1 Å². The van der Waals surface area contributed by atoms with Crippen LogP contribution in [0.1, 0.15) is 6.42 Å². The fraction of sp³-hybridized carbons (Fsp3) is 0.429. The Morgan fingerprint density at radius 2 is 2.46 bits per heavy atom. The first-order valence-corrected chi connectivity index (χ1v) is 3.83. The highest BCUT2D eigenvalue weighted by Crippen LogP contribution is 2.29. The van der Waals surface area contributed by atoms with Gasteiger partial charge < -0.3 is 0 Å². The summed E-state index contributed by atoms with van der Waals surface area (Å²) in [6.07, 6.45) is 5.21. The molecule has 1 aliphatic carbocycles. The van der Waals surface area contributed by atoms with Crippen LogP contribution >= 0.6 is 0 Å². The Morgan fingerprint density at radius 3 is 3.08 bits per heavy atom. The van der Waals surface area contributed by atoms with Crippen LogP contribution in [-0.4, -0.2) is 17.0 Å². The van der Waals surface area contributed by atoms with E-state index in [1.54, 1.807) is 12.2 Å². The quantitative estimate of drug-likeness (QED) is 0.441. The first-order valence-electron chi connectivity index (χ1n) is 3.83. The third-order valence-corrected chi connectivity index (χ3v) is 2.07. The Bertz CT molecular complexity index is 333. The molecule has 0 aromatic rings. The molecule has 6 nitrogen and oxygen atoms in total. The molecule has 1 aliphatic heterocycles. The highest BCUT2D eigenvalue weighted by atomic mass is 16.6. The Balaban J connectivity index is 2.23. The molecular weight excluding hydrogens is 172 g/mol. The van der Waals surface area contributed by atoms with Gasteiger partial charge in [-0.2, -0.15) is 10.5 Å². The molecule has 0 saturated heterocycles. The van der Waals surface area contributed by atoms with Gasteiger partial charge in [0.25, 0.3) is 0 Å². The number of rotatable bonds is 1. The summed E-state index contributed by atoms with van der Waals surface area (Å²) in [7, 11) is 0. The standard InChI is InChI=1S/C7H7N4O2/c12-11(13)6-2-1-3-7(4-6)5-8-10-9-7/h1-3H,4-5H2. The Hall–Kier alpha value is -1.72. The van der Waals surface area contributed by atoms with Crippen LogP contribution in [0.5, 0.6) is 0 Å². The van der Waals surface area contributed by atoms with Gasteiger partial charge in [-0.3, -0.25) is 10.1 Å². The third-order valence-electron chi connectivity index (χ3n) is 2.07. The van der Waals surface area contributed by atoms with E-state index < -0.39 is 5.54 Å². The number of allylic oxidation sites excluding steroid dienone is 2. The highest BCUT2D eigenvalue weighted by molar-refractivity contribution is 5.25. The normalized spacial score (nSPS) is 30.3. The molecule has 1 atom stereocenters. The molecule has 1 spiro atoms. The zero-order chi connectivity index (χ0) is 9.31. The largest absolute Gasteiger partial charge is 0.259 e. The van der Waals surface area contributed by atoms with Crippen molar-refractivity contribution in [2.45, 2.75) is 12.0 Å². The van der Waals surface area contributed by atoms with Crippen LogP contribution in [0, 0.1) is 10.1 Å². The maximum Gasteiger partial charge on any atom is 0.249 e. The molecule has 0 fully saturated rings. The van der Waals surface area contributed by atoms with Crippen molar-refractivity contribution in [3.8, 4) is 0 Å². The zero-order valence-corrected chi connectivity index (χ0v) is 6.75. The summed E-state index contributed by atoms with van der Waals surface area (Å²) in [6, 6.07) is 0. The van der Waals surface area contributed by atoms with Crippen LogP contribution in [0.4, 0.5) is 0 Å². The second-order valence-electron chi connectivity index (χ2n) is 3.04. The van der Waals surface area contributed by atoms with Gasteiger partial charge in [0.2, 0.25) is 5.70 Å². The lowest BCUT2D eigenvalue weighted by atomic mass is 9.91. The van der Waals surface area contributed by atoms with E-state index in [0.29, 0.717) is 6.54 Å². The molecule has 0 aromatic carbocycles. The first kappa shape index (κ1) is 7.90. The third kappa shape index (κ3) is 1.30. The van der Waals surface area contributed by atoms with Gasteiger partial charge in [0.15, 0.2) is 0 Å². The Kier molecular flexibility index (Phi) is 1.61. The van der Waals surface area contributed by atoms with E-state index in [1.165, 1.54) is 6.08 Å². The van der Waals surface area contributed by atoms with Crippen molar-refractivity contribution in [3.63, 3.8) is 0 Å². The number of nitrogens with zero attached hydrogens (tertiary/aromatic N) is 4. The number of hydrogen-bond acceptors (Lipinski definition) is 4. The fourth-order valence-corrected chi connectivity index (χ4v) is 1.38. The van der Waals surface area contributed by atoms with E-state index in [1.807, 2.05) is 0 Å². The maximum absolute atomic E-state index is 10.5. The lowest BCUT2D eigenvalue weighted by molar-refractivity contribution is -0.429. The Labute approximate surface area is 74.2 Å². The second-order valence-corrected chi connectivity index (χ2v) is 3.04. The lowest BCUT2D eigenvalue weighted by Gasteiger charge is -2.18. The summed E-state index contributed by atoms with van der Waals surface area (Å²) < 4.78 is 0. The molecule has 0 bridgehead atoms. The summed E-state index contributed by atoms with van der Waals surface area (Å²) in [5, 5.41) is 17.9. The number of nitro groups is 1. The van der Waals surface area contributed by atoms with Crippen molar-refractivity contribution < 1.29 is 4.92 Å². The number of hydrogen-bond donors (Lipinski definition) is 0.